The molecule has 3 rings (SSSR count). The molecule has 1 fully saturated rings. The molecule has 2 nitrogen and oxygen atoms in total. The summed E-state index contributed by atoms with van der Waals surface area (Å²) < 4.78 is 5.28. The highest BCUT2D eigenvalue weighted by molar-refractivity contribution is 5.98. The second-order valence-electron chi connectivity index (χ2n) is 4.03. The first kappa shape index (κ1) is 6.46. The van der Waals surface area contributed by atoms with Gasteiger partial charge in [0.25, 0.3) is 0 Å². The molecule has 1 aromatic heterocycles. The van der Waals surface area contributed by atoms with Gasteiger partial charge in [-0.05, 0) is 24.3 Å². The van der Waals surface area contributed by atoms with E-state index in [0.29, 0.717) is 5.41 Å². The van der Waals surface area contributed by atoms with E-state index in [4.69, 9.17) is 4.42 Å². The Morgan fingerprint density at radius 1 is 1.33 bits per heavy atom. The highest BCUT2D eigenvalue weighted by Gasteiger charge is 2.48. The van der Waals surface area contributed by atoms with E-state index >= 15 is 0 Å². The number of Topliss-reactive ketones (excluding diaryl/α,β-unsaturated/α-hetero) is 1. The Balaban J connectivity index is 2.10. The van der Waals surface area contributed by atoms with Gasteiger partial charge in [-0.1, -0.05) is 0 Å². The van der Waals surface area contributed by atoms with Crippen molar-refractivity contribution in [1.29, 1.82) is 0 Å². The van der Waals surface area contributed by atoms with Crippen LogP contribution in [0.4, 0.5) is 0 Å². The maximum absolute atomic E-state index is 11.5. The molecule has 2 heteroatoms. The largest absolute Gasteiger partial charge is 0.469 e. The minimum Gasteiger partial charge on any atom is -0.469 e. The summed E-state index contributed by atoms with van der Waals surface area (Å²) in [6.45, 7) is 0. The number of carbonyl (C=O) groups excluding carboxylic acids is 1. The number of ketones is 1. The van der Waals surface area contributed by atoms with Crippen LogP contribution in [0.3, 0.4) is 0 Å². The molecule has 0 amide bonds. The zero-order valence-corrected chi connectivity index (χ0v) is 6.80. The monoisotopic (exact) mass is 162 g/mol. The Morgan fingerprint density at radius 3 is 2.92 bits per heavy atom. The Hall–Kier alpha value is -1.05. The molecule has 1 saturated carbocycles. The second-order valence-corrected chi connectivity index (χ2v) is 4.03. The first-order valence-electron chi connectivity index (χ1n) is 4.39. The number of hydrogen-bond donors (Lipinski definition) is 0. The van der Waals surface area contributed by atoms with Gasteiger partial charge < -0.3 is 4.42 Å². The van der Waals surface area contributed by atoms with Crippen molar-refractivity contribution in [3.05, 3.63) is 23.7 Å². The van der Waals surface area contributed by atoms with Crippen LogP contribution in [0.15, 0.2) is 16.7 Å². The summed E-state index contributed by atoms with van der Waals surface area (Å²) in [6, 6.07) is 1.80. The molecule has 0 aromatic carbocycles. The summed E-state index contributed by atoms with van der Waals surface area (Å²) in [4.78, 5) is 11.5. The summed E-state index contributed by atoms with van der Waals surface area (Å²) >= 11 is 0. The summed E-state index contributed by atoms with van der Waals surface area (Å²) in [6.07, 6.45) is 5.78. The van der Waals surface area contributed by atoms with Crippen LogP contribution in [0.5, 0.6) is 0 Å². The molecule has 2 aliphatic carbocycles. The van der Waals surface area contributed by atoms with Crippen LogP contribution in [0.2, 0.25) is 0 Å². The Bertz CT molecular complexity index is 344. The van der Waals surface area contributed by atoms with E-state index < -0.39 is 0 Å². The van der Waals surface area contributed by atoms with Crippen LogP contribution in [-0.2, 0) is 6.42 Å². The molecule has 1 spiro atoms. The van der Waals surface area contributed by atoms with Crippen LogP contribution in [0.1, 0.15) is 35.4 Å². The molecule has 0 saturated heterocycles. The highest BCUT2D eigenvalue weighted by Crippen LogP contribution is 2.54. The third-order valence-corrected chi connectivity index (χ3v) is 3.07. The smallest absolute Gasteiger partial charge is 0.166 e. The number of hydrogen-bond acceptors (Lipinski definition) is 2. The summed E-state index contributed by atoms with van der Waals surface area (Å²) in [7, 11) is 0. The van der Waals surface area contributed by atoms with Crippen LogP contribution in [0, 0.1) is 5.41 Å². The van der Waals surface area contributed by atoms with Gasteiger partial charge in [-0.3, -0.25) is 4.79 Å². The van der Waals surface area contributed by atoms with Crippen molar-refractivity contribution in [3.63, 3.8) is 0 Å². The highest BCUT2D eigenvalue weighted by atomic mass is 16.3. The van der Waals surface area contributed by atoms with Crippen molar-refractivity contribution in [3.8, 4) is 0 Å². The third-order valence-electron chi connectivity index (χ3n) is 3.07. The minimum absolute atomic E-state index is 0.280. The topological polar surface area (TPSA) is 30.2 Å². The van der Waals surface area contributed by atoms with E-state index in [2.05, 4.69) is 0 Å². The van der Waals surface area contributed by atoms with E-state index in [1.54, 1.807) is 12.3 Å². The fourth-order valence-electron chi connectivity index (χ4n) is 2.10. The van der Waals surface area contributed by atoms with E-state index in [-0.39, 0.29) is 5.78 Å². The van der Waals surface area contributed by atoms with Crippen LogP contribution >= 0.6 is 0 Å². The van der Waals surface area contributed by atoms with E-state index in [1.165, 1.54) is 12.8 Å². The normalized spacial score (nSPS) is 24.2. The minimum atomic E-state index is 0.280. The fourth-order valence-corrected chi connectivity index (χ4v) is 2.10. The molecule has 0 aliphatic heterocycles. The zero-order chi connectivity index (χ0) is 8.18. The van der Waals surface area contributed by atoms with Gasteiger partial charge in [0.15, 0.2) is 5.78 Å². The molecule has 62 valence electrons. The fraction of sp³-hybridized carbons (Fsp3) is 0.500. The summed E-state index contributed by atoms with van der Waals surface area (Å²) in [5.41, 5.74) is 1.15. The standard InChI is InChI=1S/C10H10O2/c11-8-5-10(2-3-10)6-9-7(8)1-4-12-9/h1,4H,2-3,5-6H2. The van der Waals surface area contributed by atoms with Gasteiger partial charge in [0.05, 0.1) is 11.8 Å². The van der Waals surface area contributed by atoms with Gasteiger partial charge >= 0.3 is 0 Å². The van der Waals surface area contributed by atoms with Gasteiger partial charge in [0, 0.05) is 12.8 Å². The Kier molecular flexibility index (Phi) is 0.978. The Labute approximate surface area is 70.6 Å². The number of rotatable bonds is 0. The molecule has 0 N–H and O–H groups in total. The number of carbonyl (C=O) groups is 1. The predicted molar refractivity (Wildman–Crippen MR) is 43.0 cm³/mol. The van der Waals surface area contributed by atoms with Crippen molar-refractivity contribution in [1.82, 2.24) is 0 Å². The molecule has 0 atom stereocenters. The van der Waals surface area contributed by atoms with Crippen LogP contribution in [0.25, 0.3) is 0 Å². The maximum atomic E-state index is 11.5. The molecular weight excluding hydrogens is 152 g/mol. The van der Waals surface area contributed by atoms with Crippen molar-refractivity contribution in [2.45, 2.75) is 25.7 Å². The quantitative estimate of drug-likeness (QED) is 0.585. The van der Waals surface area contributed by atoms with Crippen molar-refractivity contribution < 1.29 is 9.21 Å². The zero-order valence-electron chi connectivity index (χ0n) is 6.80. The first-order chi connectivity index (χ1) is 5.79. The lowest BCUT2D eigenvalue weighted by atomic mass is 9.85. The average molecular weight is 162 g/mol. The summed E-state index contributed by atoms with van der Waals surface area (Å²) in [5.74, 6) is 1.20. The lowest BCUT2D eigenvalue weighted by Gasteiger charge is -2.18. The number of fused-ring (bicyclic) bond motifs is 1. The lowest BCUT2D eigenvalue weighted by molar-refractivity contribution is 0.0935. The van der Waals surface area contributed by atoms with Crippen molar-refractivity contribution in [2.24, 2.45) is 5.41 Å². The first-order valence-corrected chi connectivity index (χ1v) is 4.39. The molecule has 1 aromatic rings. The van der Waals surface area contributed by atoms with E-state index in [0.717, 1.165) is 24.2 Å². The lowest BCUT2D eigenvalue weighted by Crippen LogP contribution is -2.19. The Morgan fingerprint density at radius 2 is 2.17 bits per heavy atom. The maximum Gasteiger partial charge on any atom is 0.166 e. The molecule has 2 aliphatic rings. The molecule has 0 radical (unpaired) electrons. The molecule has 12 heavy (non-hydrogen) atoms. The SMILES string of the molecule is O=C1CC2(CC2)Cc2occc21. The average Bonchev–Trinajstić information content (AvgIpc) is 2.63. The van der Waals surface area contributed by atoms with Crippen molar-refractivity contribution in [2.75, 3.05) is 0 Å². The summed E-state index contributed by atoms with van der Waals surface area (Å²) in [5, 5.41) is 0. The van der Waals surface area contributed by atoms with E-state index in [1.807, 2.05) is 0 Å². The van der Waals surface area contributed by atoms with E-state index in [9.17, 15) is 4.79 Å². The number of furan rings is 1. The predicted octanol–water partition coefficient (Wildman–Crippen LogP) is 2.19. The molecular formula is C10H10O2. The van der Waals surface area contributed by atoms with Crippen LogP contribution in [-0.4, -0.2) is 5.78 Å². The van der Waals surface area contributed by atoms with Gasteiger partial charge in [-0.25, -0.2) is 0 Å². The van der Waals surface area contributed by atoms with Gasteiger partial charge in [-0.15, -0.1) is 0 Å². The van der Waals surface area contributed by atoms with Crippen molar-refractivity contribution >= 4 is 5.78 Å². The van der Waals surface area contributed by atoms with Gasteiger partial charge in [-0.2, -0.15) is 0 Å². The molecule has 0 bridgehead atoms. The molecule has 0 unspecified atom stereocenters. The van der Waals surface area contributed by atoms with Gasteiger partial charge in [0.2, 0.25) is 0 Å². The van der Waals surface area contributed by atoms with Crippen LogP contribution < -0.4 is 0 Å². The van der Waals surface area contributed by atoms with Gasteiger partial charge in [0.1, 0.15) is 5.76 Å². The second kappa shape index (κ2) is 1.82. The molecule has 1 heterocycles. The third kappa shape index (κ3) is 0.724.